The predicted molar refractivity (Wildman–Crippen MR) is 87.4 cm³/mol. The molecule has 0 aliphatic rings. The predicted octanol–water partition coefficient (Wildman–Crippen LogP) is 2.64. The van der Waals surface area contributed by atoms with E-state index >= 15 is 0 Å². The third-order valence-electron chi connectivity index (χ3n) is 3.88. The fraction of sp³-hybridized carbons (Fsp3) is 0.250. The Morgan fingerprint density at radius 2 is 2.00 bits per heavy atom. The van der Waals surface area contributed by atoms with Gasteiger partial charge < -0.3 is 0 Å². The molecule has 6 nitrogen and oxygen atoms in total. The van der Waals surface area contributed by atoms with Gasteiger partial charge in [0.15, 0.2) is 10.7 Å². The third-order valence-corrected chi connectivity index (χ3v) is 5.80. The summed E-state index contributed by atoms with van der Waals surface area (Å²) >= 11 is 0. The van der Waals surface area contributed by atoms with Crippen molar-refractivity contribution in [3.8, 4) is 0 Å². The number of hydrogen-bond donors (Lipinski definition) is 0. The van der Waals surface area contributed by atoms with Gasteiger partial charge in [-0.25, -0.2) is 22.3 Å². The number of hydrogen-bond acceptors (Lipinski definition) is 4. The van der Waals surface area contributed by atoms with Crippen LogP contribution in [0, 0.1) is 5.82 Å². The second-order valence-electron chi connectivity index (χ2n) is 5.34. The van der Waals surface area contributed by atoms with E-state index in [1.807, 2.05) is 0 Å². The summed E-state index contributed by atoms with van der Waals surface area (Å²) in [6.45, 7) is 3.79. The van der Waals surface area contributed by atoms with Crippen molar-refractivity contribution in [3.05, 3.63) is 60.2 Å². The Balaban J connectivity index is 2.00. The van der Waals surface area contributed by atoms with E-state index < -0.39 is 16.1 Å². The van der Waals surface area contributed by atoms with E-state index in [1.165, 1.54) is 27.0 Å². The van der Waals surface area contributed by atoms with Crippen molar-refractivity contribution in [3.63, 3.8) is 0 Å². The average Bonchev–Trinajstić information content (AvgIpc) is 3.01. The largest absolute Gasteiger partial charge is 0.263 e. The Morgan fingerprint density at radius 1 is 1.29 bits per heavy atom. The van der Waals surface area contributed by atoms with Crippen molar-refractivity contribution in [2.24, 2.45) is 0 Å². The van der Waals surface area contributed by atoms with Gasteiger partial charge >= 0.3 is 0 Å². The lowest BCUT2D eigenvalue weighted by molar-refractivity contribution is 0.355. The quantitative estimate of drug-likeness (QED) is 0.711. The second kappa shape index (κ2) is 6.29. The molecule has 1 atom stereocenters. The zero-order valence-electron chi connectivity index (χ0n) is 13.3. The van der Waals surface area contributed by atoms with Crippen LogP contribution in [0.3, 0.4) is 0 Å². The number of benzene rings is 1. The van der Waals surface area contributed by atoms with Gasteiger partial charge in [-0.1, -0.05) is 19.1 Å². The molecule has 126 valence electrons. The van der Waals surface area contributed by atoms with E-state index in [9.17, 15) is 12.8 Å². The number of rotatable bonds is 5. The van der Waals surface area contributed by atoms with Crippen molar-refractivity contribution in [1.29, 1.82) is 0 Å². The summed E-state index contributed by atoms with van der Waals surface area (Å²) in [6.07, 6.45) is 3.22. The van der Waals surface area contributed by atoms with E-state index in [2.05, 4.69) is 10.1 Å². The van der Waals surface area contributed by atoms with Crippen LogP contribution in [0.15, 0.2) is 53.8 Å². The van der Waals surface area contributed by atoms with Gasteiger partial charge in [0.2, 0.25) is 0 Å². The number of aromatic nitrogens is 3. The van der Waals surface area contributed by atoms with E-state index in [0.29, 0.717) is 11.2 Å². The van der Waals surface area contributed by atoms with Crippen molar-refractivity contribution in [1.82, 2.24) is 18.9 Å². The summed E-state index contributed by atoms with van der Waals surface area (Å²) < 4.78 is 41.8. The van der Waals surface area contributed by atoms with Gasteiger partial charge in [-0.3, -0.25) is 0 Å². The lowest BCUT2D eigenvalue weighted by Gasteiger charge is -2.26. The third kappa shape index (κ3) is 2.90. The standard InChI is InChI=1S/C16H17FN4O2S/c1-3-21(12(2)13-5-7-14(17)8-6-13)24(22,23)16-11-15-18-9-4-10-20(15)19-16/h4-12H,3H2,1-2H3/t12-/m0/s1. The minimum absolute atomic E-state index is 0.0583. The van der Waals surface area contributed by atoms with Crippen LogP contribution in [0.1, 0.15) is 25.5 Å². The number of halogens is 1. The molecule has 0 saturated heterocycles. The highest BCUT2D eigenvalue weighted by molar-refractivity contribution is 7.89. The molecule has 0 spiro atoms. The maximum absolute atomic E-state index is 13.1. The highest BCUT2D eigenvalue weighted by Crippen LogP contribution is 2.27. The first-order valence-electron chi connectivity index (χ1n) is 7.51. The molecule has 0 saturated carbocycles. The fourth-order valence-corrected chi connectivity index (χ4v) is 4.18. The number of nitrogens with zero attached hydrogens (tertiary/aromatic N) is 4. The minimum atomic E-state index is -3.80. The van der Waals surface area contributed by atoms with Crippen LogP contribution in [0.2, 0.25) is 0 Å². The average molecular weight is 348 g/mol. The lowest BCUT2D eigenvalue weighted by atomic mass is 10.1. The van der Waals surface area contributed by atoms with E-state index in [-0.39, 0.29) is 17.4 Å². The van der Waals surface area contributed by atoms with E-state index in [4.69, 9.17) is 0 Å². The summed E-state index contributed by atoms with van der Waals surface area (Å²) in [5.41, 5.74) is 1.17. The van der Waals surface area contributed by atoms with Crippen molar-refractivity contribution < 1.29 is 12.8 Å². The summed E-state index contributed by atoms with van der Waals surface area (Å²) in [5, 5.41) is 4.05. The van der Waals surface area contributed by atoms with Gasteiger partial charge in [-0.05, 0) is 30.7 Å². The SMILES string of the molecule is CCN([C@@H](C)c1ccc(F)cc1)S(=O)(=O)c1cc2ncccn2n1. The molecule has 0 fully saturated rings. The molecule has 8 heteroatoms. The van der Waals surface area contributed by atoms with Gasteiger partial charge in [-0.15, -0.1) is 0 Å². The molecule has 0 aliphatic carbocycles. The lowest BCUT2D eigenvalue weighted by Crippen LogP contribution is -2.33. The smallest absolute Gasteiger partial charge is 0.237 e. The first-order valence-corrected chi connectivity index (χ1v) is 8.95. The Bertz CT molecular complexity index is 921. The van der Waals surface area contributed by atoms with Crippen LogP contribution < -0.4 is 0 Å². The zero-order valence-corrected chi connectivity index (χ0v) is 14.1. The summed E-state index contributed by atoms with van der Waals surface area (Å²) in [7, 11) is -3.80. The molecule has 2 heterocycles. The molecule has 24 heavy (non-hydrogen) atoms. The van der Waals surface area contributed by atoms with Crippen LogP contribution in [0.25, 0.3) is 5.65 Å². The van der Waals surface area contributed by atoms with Crippen LogP contribution in [-0.2, 0) is 10.0 Å². The Morgan fingerprint density at radius 3 is 2.62 bits per heavy atom. The highest BCUT2D eigenvalue weighted by Gasteiger charge is 2.31. The van der Waals surface area contributed by atoms with Gasteiger partial charge in [0.1, 0.15) is 5.82 Å². The maximum Gasteiger partial charge on any atom is 0.263 e. The highest BCUT2D eigenvalue weighted by atomic mass is 32.2. The molecular weight excluding hydrogens is 331 g/mol. The molecule has 0 bridgehead atoms. The molecule has 0 aliphatic heterocycles. The molecule has 0 amide bonds. The van der Waals surface area contributed by atoms with Crippen molar-refractivity contribution in [2.75, 3.05) is 6.54 Å². The van der Waals surface area contributed by atoms with Gasteiger partial charge in [0.05, 0.1) is 0 Å². The molecule has 1 aromatic carbocycles. The second-order valence-corrected chi connectivity index (χ2v) is 7.18. The molecule has 2 aromatic heterocycles. The molecule has 0 N–H and O–H groups in total. The van der Waals surface area contributed by atoms with Crippen molar-refractivity contribution in [2.45, 2.75) is 24.9 Å². The van der Waals surface area contributed by atoms with Crippen LogP contribution in [-0.4, -0.2) is 33.9 Å². The van der Waals surface area contributed by atoms with Gasteiger partial charge in [-0.2, -0.15) is 9.40 Å². The topological polar surface area (TPSA) is 67.6 Å². The van der Waals surface area contributed by atoms with E-state index in [0.717, 1.165) is 0 Å². The number of fused-ring (bicyclic) bond motifs is 1. The number of sulfonamides is 1. The monoisotopic (exact) mass is 348 g/mol. The summed E-state index contributed by atoms with van der Waals surface area (Å²) in [4.78, 5) is 4.09. The summed E-state index contributed by atoms with van der Waals surface area (Å²) in [6, 6.07) is 8.48. The van der Waals surface area contributed by atoms with Crippen LogP contribution in [0.4, 0.5) is 4.39 Å². The van der Waals surface area contributed by atoms with Crippen LogP contribution in [0.5, 0.6) is 0 Å². The van der Waals surface area contributed by atoms with E-state index in [1.54, 1.807) is 44.4 Å². The maximum atomic E-state index is 13.1. The van der Waals surface area contributed by atoms with Crippen molar-refractivity contribution >= 4 is 15.7 Å². The normalized spacial score (nSPS) is 13.5. The molecular formula is C16H17FN4O2S. The molecule has 0 radical (unpaired) electrons. The fourth-order valence-electron chi connectivity index (χ4n) is 2.61. The molecule has 3 aromatic rings. The molecule has 3 rings (SSSR count). The molecule has 0 unspecified atom stereocenters. The first-order chi connectivity index (χ1) is 11.4. The summed E-state index contributed by atoms with van der Waals surface area (Å²) in [5.74, 6) is -0.358. The zero-order chi connectivity index (χ0) is 17.3. The Labute approximate surface area is 139 Å². The van der Waals surface area contributed by atoms with Gasteiger partial charge in [0.25, 0.3) is 10.0 Å². The first kappa shape index (κ1) is 16.5. The van der Waals surface area contributed by atoms with Crippen LogP contribution >= 0.6 is 0 Å². The Kier molecular flexibility index (Phi) is 4.33. The van der Waals surface area contributed by atoms with Gasteiger partial charge in [0, 0.05) is 31.0 Å². The Hall–Kier alpha value is -2.32. The minimum Gasteiger partial charge on any atom is -0.237 e.